The van der Waals surface area contributed by atoms with Gasteiger partial charge in [0.25, 0.3) is 0 Å². The van der Waals surface area contributed by atoms with Gasteiger partial charge in [0, 0.05) is 6.61 Å². The van der Waals surface area contributed by atoms with Crippen molar-refractivity contribution >= 4 is 8.32 Å². The molecule has 5 atom stereocenters. The summed E-state index contributed by atoms with van der Waals surface area (Å²) in [6.45, 7) is 22.4. The van der Waals surface area contributed by atoms with Crippen LogP contribution in [0.1, 0.15) is 78.0 Å². The molecule has 268 valence electrons. The Morgan fingerprint density at radius 3 is 1.59 bits per heavy atom. The highest BCUT2D eigenvalue weighted by Crippen LogP contribution is 2.42. The van der Waals surface area contributed by atoms with Gasteiger partial charge in [-0.2, -0.15) is 0 Å². The van der Waals surface area contributed by atoms with E-state index in [-0.39, 0.29) is 12.2 Å². The van der Waals surface area contributed by atoms with Crippen molar-refractivity contribution in [1.29, 1.82) is 0 Å². The molecule has 1 fully saturated rings. The Hall–Kier alpha value is -2.78. The van der Waals surface area contributed by atoms with Crippen molar-refractivity contribution in [1.82, 2.24) is 0 Å². The van der Waals surface area contributed by atoms with Crippen LogP contribution in [-0.2, 0) is 47.9 Å². The average Bonchev–Trinajstić information content (AvgIpc) is 3.08. The van der Waals surface area contributed by atoms with E-state index in [0.717, 1.165) is 29.5 Å². The molecule has 49 heavy (non-hydrogen) atoms. The Labute approximate surface area is 297 Å². The number of benzene rings is 3. The molecule has 0 aliphatic carbocycles. The minimum atomic E-state index is -1.99. The summed E-state index contributed by atoms with van der Waals surface area (Å²) in [5.41, 5.74) is 4.87. The third-order valence-corrected chi connectivity index (χ3v) is 15.8. The van der Waals surface area contributed by atoms with E-state index in [9.17, 15) is 0 Å². The van der Waals surface area contributed by atoms with Gasteiger partial charge in [0.1, 0.15) is 18.3 Å². The van der Waals surface area contributed by atoms with Crippen LogP contribution in [0.15, 0.2) is 103 Å². The summed E-state index contributed by atoms with van der Waals surface area (Å²) in [7, 11) is -1.99. The lowest BCUT2D eigenvalue weighted by atomic mass is 9.91. The fourth-order valence-corrected chi connectivity index (χ4v) is 13.1. The van der Waals surface area contributed by atoms with E-state index in [1.807, 2.05) is 61.5 Å². The Balaban J connectivity index is 1.60. The summed E-state index contributed by atoms with van der Waals surface area (Å²) in [4.78, 5) is 0. The van der Waals surface area contributed by atoms with Crippen molar-refractivity contribution in [2.45, 2.75) is 128 Å². The number of rotatable bonds is 20. The van der Waals surface area contributed by atoms with E-state index >= 15 is 0 Å². The van der Waals surface area contributed by atoms with Gasteiger partial charge in [-0.1, -0.05) is 139 Å². The van der Waals surface area contributed by atoms with Crippen molar-refractivity contribution < 1.29 is 28.1 Å². The van der Waals surface area contributed by atoms with Gasteiger partial charge >= 0.3 is 0 Å². The van der Waals surface area contributed by atoms with Crippen LogP contribution in [0.4, 0.5) is 0 Å². The summed E-state index contributed by atoms with van der Waals surface area (Å²) in [5, 5.41) is 0. The number of hydrogen-bond donors (Lipinski definition) is 0. The minimum absolute atomic E-state index is 0.267. The Morgan fingerprint density at radius 1 is 0.653 bits per heavy atom. The maximum Gasteiger partial charge on any atom is 0.200 e. The van der Waals surface area contributed by atoms with Gasteiger partial charge in [-0.25, -0.2) is 0 Å². The predicted molar refractivity (Wildman–Crippen MR) is 201 cm³/mol. The third kappa shape index (κ3) is 11.1. The molecule has 3 aromatic carbocycles. The van der Waals surface area contributed by atoms with E-state index in [0.29, 0.717) is 55.4 Å². The fourth-order valence-electron chi connectivity index (χ4n) is 7.56. The standard InChI is InChI=1S/C42H60O6Si/c1-31(2)47-41-38(25-18-26-46-49(32(3)4,33(5)6)34(7)8)48-39(30-43-27-35-19-12-9-13-20-35)40(44-28-36-21-14-10-15-22-36)42(41)45-29-37-23-16-11-17-24-37/h9-17,19-24,32-34,38-42H,1,18,25-30H2,2-8H3/t38-,39+,40+,41-,42-/m0/s1. The van der Waals surface area contributed by atoms with Crippen molar-refractivity contribution in [3.05, 3.63) is 120 Å². The van der Waals surface area contributed by atoms with Crippen LogP contribution < -0.4 is 0 Å². The predicted octanol–water partition coefficient (Wildman–Crippen LogP) is 10.0. The summed E-state index contributed by atoms with van der Waals surface area (Å²) in [6.07, 6.45) is -0.339. The molecule has 1 aliphatic rings. The first kappa shape index (κ1) is 39.0. The van der Waals surface area contributed by atoms with Crippen LogP contribution in [0.25, 0.3) is 0 Å². The van der Waals surface area contributed by atoms with E-state index in [1.54, 1.807) is 0 Å². The third-order valence-electron chi connectivity index (χ3n) is 9.72. The second-order valence-electron chi connectivity index (χ2n) is 14.3. The maximum absolute atomic E-state index is 6.96. The summed E-state index contributed by atoms with van der Waals surface area (Å²) in [6, 6.07) is 30.7. The second-order valence-corrected chi connectivity index (χ2v) is 19.8. The lowest BCUT2D eigenvalue weighted by Gasteiger charge is -2.46. The smallest absolute Gasteiger partial charge is 0.200 e. The Kier molecular flexibility index (Phi) is 15.6. The Bertz CT molecular complexity index is 1330. The molecule has 0 N–H and O–H groups in total. The lowest BCUT2D eigenvalue weighted by Crippen LogP contribution is -2.61. The fraction of sp³-hybridized carbons (Fsp3) is 0.524. The Morgan fingerprint density at radius 2 is 1.12 bits per heavy atom. The van der Waals surface area contributed by atoms with Crippen molar-refractivity contribution in [2.75, 3.05) is 13.2 Å². The van der Waals surface area contributed by atoms with Crippen LogP contribution in [-0.4, -0.2) is 52.1 Å². The highest BCUT2D eigenvalue weighted by Gasteiger charge is 2.49. The van der Waals surface area contributed by atoms with Crippen molar-refractivity contribution in [2.24, 2.45) is 0 Å². The molecule has 0 bridgehead atoms. The SMILES string of the molecule is C=C(C)O[C@@H]1[C@@H](OCc2ccccc2)[C@H](OCc2ccccc2)[C@@H](COCc2ccccc2)O[C@H]1CCCO[Si](C(C)C)(C(C)C)C(C)C. The molecule has 0 spiro atoms. The molecule has 7 heteroatoms. The monoisotopic (exact) mass is 688 g/mol. The van der Waals surface area contributed by atoms with Gasteiger partial charge in [-0.05, 0) is 53.1 Å². The van der Waals surface area contributed by atoms with Gasteiger partial charge in [0.05, 0.1) is 38.3 Å². The zero-order chi connectivity index (χ0) is 35.2. The highest BCUT2D eigenvalue weighted by atomic mass is 28.4. The first-order chi connectivity index (χ1) is 23.6. The van der Waals surface area contributed by atoms with E-state index < -0.39 is 26.6 Å². The molecule has 1 heterocycles. The molecule has 1 aliphatic heterocycles. The molecule has 0 saturated carbocycles. The van der Waals surface area contributed by atoms with Gasteiger partial charge in [-0.15, -0.1) is 0 Å². The maximum atomic E-state index is 6.96. The molecule has 0 radical (unpaired) electrons. The summed E-state index contributed by atoms with van der Waals surface area (Å²) < 4.78 is 40.3. The second kappa shape index (κ2) is 19.6. The zero-order valence-corrected chi connectivity index (χ0v) is 31.9. The average molecular weight is 689 g/mol. The van der Waals surface area contributed by atoms with Crippen LogP contribution in [0, 0.1) is 0 Å². The minimum Gasteiger partial charge on any atom is -0.490 e. The molecular formula is C42H60O6Si. The molecule has 0 amide bonds. The molecule has 6 nitrogen and oxygen atoms in total. The summed E-state index contributed by atoms with van der Waals surface area (Å²) in [5.74, 6) is 0.620. The van der Waals surface area contributed by atoms with Gasteiger partial charge in [-0.3, -0.25) is 0 Å². The molecule has 0 unspecified atom stereocenters. The number of ether oxygens (including phenoxy) is 5. The van der Waals surface area contributed by atoms with Crippen LogP contribution in [0.3, 0.4) is 0 Å². The van der Waals surface area contributed by atoms with Crippen molar-refractivity contribution in [3.63, 3.8) is 0 Å². The molecular weight excluding hydrogens is 629 g/mol. The van der Waals surface area contributed by atoms with Crippen molar-refractivity contribution in [3.8, 4) is 0 Å². The quantitative estimate of drug-likeness (QED) is 0.0669. The first-order valence-electron chi connectivity index (χ1n) is 18.2. The number of hydrogen-bond acceptors (Lipinski definition) is 6. The highest BCUT2D eigenvalue weighted by molar-refractivity contribution is 6.77. The zero-order valence-electron chi connectivity index (χ0n) is 30.9. The molecule has 0 aromatic heterocycles. The molecule has 3 aromatic rings. The van der Waals surface area contributed by atoms with Gasteiger partial charge in [0.2, 0.25) is 0 Å². The topological polar surface area (TPSA) is 55.4 Å². The van der Waals surface area contributed by atoms with E-state index in [4.69, 9.17) is 28.1 Å². The number of allylic oxidation sites excluding steroid dienone is 1. The van der Waals surface area contributed by atoms with E-state index in [1.165, 1.54) is 0 Å². The summed E-state index contributed by atoms with van der Waals surface area (Å²) >= 11 is 0. The molecule has 4 rings (SSSR count). The van der Waals surface area contributed by atoms with Gasteiger partial charge in [0.15, 0.2) is 14.4 Å². The van der Waals surface area contributed by atoms with Crippen LogP contribution in [0.2, 0.25) is 16.6 Å². The van der Waals surface area contributed by atoms with Crippen LogP contribution >= 0.6 is 0 Å². The molecule has 1 saturated heterocycles. The van der Waals surface area contributed by atoms with Gasteiger partial charge < -0.3 is 28.1 Å². The van der Waals surface area contributed by atoms with E-state index in [2.05, 4.69) is 84.5 Å². The van der Waals surface area contributed by atoms with Crippen LogP contribution in [0.5, 0.6) is 0 Å². The lowest BCUT2D eigenvalue weighted by molar-refractivity contribution is -0.265. The largest absolute Gasteiger partial charge is 0.490 e. The first-order valence-corrected chi connectivity index (χ1v) is 20.3. The normalized spacial score (nSPS) is 21.4.